The van der Waals surface area contributed by atoms with Crippen LogP contribution >= 0.6 is 12.6 Å². The second kappa shape index (κ2) is 6.33. The summed E-state index contributed by atoms with van der Waals surface area (Å²) in [5.74, 6) is 0.680. The highest BCUT2D eigenvalue weighted by Crippen LogP contribution is 2.08. The number of aromatic nitrogens is 2. The molecule has 4 nitrogen and oxygen atoms in total. The van der Waals surface area contributed by atoms with Gasteiger partial charge in [0.1, 0.15) is 5.82 Å². The molecule has 0 saturated carbocycles. The second-order valence-electron chi connectivity index (χ2n) is 4.22. The van der Waals surface area contributed by atoms with E-state index in [9.17, 15) is 4.79 Å². The summed E-state index contributed by atoms with van der Waals surface area (Å²) in [6.45, 7) is 2.25. The van der Waals surface area contributed by atoms with Gasteiger partial charge in [-0.05, 0) is 30.7 Å². The third-order valence-electron chi connectivity index (χ3n) is 2.60. The number of nitrogens with one attached hydrogen (secondary N) is 1. The van der Waals surface area contributed by atoms with Crippen LogP contribution in [0.1, 0.15) is 17.1 Å². The van der Waals surface area contributed by atoms with Gasteiger partial charge in [0.15, 0.2) is 0 Å². The van der Waals surface area contributed by atoms with Crippen molar-refractivity contribution in [1.29, 1.82) is 0 Å². The molecule has 1 amide bonds. The lowest BCUT2D eigenvalue weighted by molar-refractivity contribution is -0.120. The summed E-state index contributed by atoms with van der Waals surface area (Å²) in [5, 5.41) is 2.84. The second-order valence-corrected chi connectivity index (χ2v) is 4.73. The van der Waals surface area contributed by atoms with Crippen molar-refractivity contribution in [2.45, 2.75) is 24.8 Å². The first-order valence-corrected chi connectivity index (χ1v) is 6.41. The van der Waals surface area contributed by atoms with Crippen LogP contribution in [0.3, 0.4) is 0 Å². The smallest absolute Gasteiger partial charge is 0.224 e. The van der Waals surface area contributed by atoms with E-state index in [0.717, 1.165) is 16.2 Å². The van der Waals surface area contributed by atoms with E-state index in [2.05, 4.69) is 27.9 Å². The van der Waals surface area contributed by atoms with Crippen molar-refractivity contribution in [3.63, 3.8) is 0 Å². The average Bonchev–Trinajstić information content (AvgIpc) is 2.39. The van der Waals surface area contributed by atoms with Gasteiger partial charge < -0.3 is 5.32 Å². The number of benzene rings is 1. The first-order chi connectivity index (χ1) is 9.13. The monoisotopic (exact) mass is 273 g/mol. The van der Waals surface area contributed by atoms with Crippen molar-refractivity contribution in [2.24, 2.45) is 0 Å². The zero-order chi connectivity index (χ0) is 13.7. The summed E-state index contributed by atoms with van der Waals surface area (Å²) >= 11 is 4.21. The number of amides is 1. The SMILES string of the molecule is Cc1nccc(CNC(=O)Cc2ccc(S)cc2)n1. The van der Waals surface area contributed by atoms with Crippen LogP contribution in [0.25, 0.3) is 0 Å². The Balaban J connectivity index is 1.86. The van der Waals surface area contributed by atoms with Gasteiger partial charge >= 0.3 is 0 Å². The molecule has 2 aromatic rings. The van der Waals surface area contributed by atoms with E-state index in [1.807, 2.05) is 31.2 Å². The first-order valence-electron chi connectivity index (χ1n) is 5.96. The standard InChI is InChI=1S/C14H15N3OS/c1-10-15-7-6-12(17-10)9-16-14(18)8-11-2-4-13(19)5-3-11/h2-7,19H,8-9H2,1H3,(H,16,18). The summed E-state index contributed by atoms with van der Waals surface area (Å²) in [4.78, 5) is 20.9. The Morgan fingerprint density at radius 2 is 2.00 bits per heavy atom. The van der Waals surface area contributed by atoms with Gasteiger partial charge in [-0.1, -0.05) is 12.1 Å². The zero-order valence-corrected chi connectivity index (χ0v) is 11.5. The molecule has 0 aliphatic rings. The molecule has 5 heteroatoms. The number of rotatable bonds is 4. The summed E-state index contributed by atoms with van der Waals surface area (Å²) in [7, 11) is 0. The minimum Gasteiger partial charge on any atom is -0.350 e. The van der Waals surface area contributed by atoms with E-state index in [-0.39, 0.29) is 5.91 Å². The normalized spacial score (nSPS) is 10.2. The Morgan fingerprint density at radius 1 is 1.26 bits per heavy atom. The van der Waals surface area contributed by atoms with E-state index in [1.54, 1.807) is 12.3 Å². The molecule has 19 heavy (non-hydrogen) atoms. The fourth-order valence-electron chi connectivity index (χ4n) is 1.65. The van der Waals surface area contributed by atoms with Crippen molar-refractivity contribution in [3.05, 3.63) is 53.6 Å². The van der Waals surface area contributed by atoms with Crippen molar-refractivity contribution < 1.29 is 4.79 Å². The van der Waals surface area contributed by atoms with Crippen LogP contribution in [-0.4, -0.2) is 15.9 Å². The molecule has 1 aromatic carbocycles. The van der Waals surface area contributed by atoms with Crippen LogP contribution in [0.15, 0.2) is 41.4 Å². The summed E-state index contributed by atoms with van der Waals surface area (Å²) in [6, 6.07) is 9.34. The van der Waals surface area contributed by atoms with Crippen molar-refractivity contribution in [3.8, 4) is 0 Å². The lowest BCUT2D eigenvalue weighted by Gasteiger charge is -2.05. The summed E-state index contributed by atoms with van der Waals surface area (Å²) < 4.78 is 0. The van der Waals surface area contributed by atoms with Crippen LogP contribution in [-0.2, 0) is 17.8 Å². The lowest BCUT2D eigenvalue weighted by Crippen LogP contribution is -2.25. The van der Waals surface area contributed by atoms with Crippen molar-refractivity contribution >= 4 is 18.5 Å². The molecule has 2 rings (SSSR count). The van der Waals surface area contributed by atoms with Crippen molar-refractivity contribution in [1.82, 2.24) is 15.3 Å². The number of aryl methyl sites for hydroxylation is 1. The van der Waals surface area contributed by atoms with Crippen LogP contribution in [0.2, 0.25) is 0 Å². The molecule has 0 fully saturated rings. The number of nitrogens with zero attached hydrogens (tertiary/aromatic N) is 2. The maximum atomic E-state index is 11.8. The molecule has 0 aliphatic heterocycles. The third-order valence-corrected chi connectivity index (χ3v) is 2.90. The minimum atomic E-state index is -0.0248. The molecule has 0 unspecified atom stereocenters. The van der Waals surface area contributed by atoms with Gasteiger partial charge in [0.2, 0.25) is 5.91 Å². The number of carbonyl (C=O) groups excluding carboxylic acids is 1. The Kier molecular flexibility index (Phi) is 4.52. The first kappa shape index (κ1) is 13.5. The predicted octanol–water partition coefficient (Wildman–Crippen LogP) is 1.93. The zero-order valence-electron chi connectivity index (χ0n) is 10.6. The molecule has 1 heterocycles. The molecule has 0 aliphatic carbocycles. The molecular weight excluding hydrogens is 258 g/mol. The fourth-order valence-corrected chi connectivity index (χ4v) is 1.80. The highest BCUT2D eigenvalue weighted by atomic mass is 32.1. The third kappa shape index (κ3) is 4.37. The number of hydrogen-bond acceptors (Lipinski definition) is 4. The number of thiol groups is 1. The molecule has 0 spiro atoms. The maximum absolute atomic E-state index is 11.8. The summed E-state index contributed by atoms with van der Waals surface area (Å²) in [6.07, 6.45) is 2.05. The van der Waals surface area contributed by atoms with E-state index in [1.165, 1.54) is 0 Å². The van der Waals surface area contributed by atoms with Gasteiger partial charge in [-0.2, -0.15) is 0 Å². The largest absolute Gasteiger partial charge is 0.350 e. The number of carbonyl (C=O) groups is 1. The molecule has 98 valence electrons. The van der Waals surface area contributed by atoms with Crippen LogP contribution < -0.4 is 5.32 Å². The van der Waals surface area contributed by atoms with Crippen LogP contribution in [0.5, 0.6) is 0 Å². The van der Waals surface area contributed by atoms with Crippen LogP contribution in [0, 0.1) is 6.92 Å². The molecule has 0 radical (unpaired) electrons. The fraction of sp³-hybridized carbons (Fsp3) is 0.214. The highest BCUT2D eigenvalue weighted by molar-refractivity contribution is 7.80. The van der Waals surface area contributed by atoms with Gasteiger partial charge in [0.05, 0.1) is 18.7 Å². The minimum absolute atomic E-state index is 0.0248. The molecule has 0 atom stereocenters. The predicted molar refractivity (Wildman–Crippen MR) is 76.0 cm³/mol. The van der Waals surface area contributed by atoms with Gasteiger partial charge in [0.25, 0.3) is 0 Å². The average molecular weight is 273 g/mol. The highest BCUT2D eigenvalue weighted by Gasteiger charge is 2.04. The Hall–Kier alpha value is -1.88. The van der Waals surface area contributed by atoms with E-state index < -0.39 is 0 Å². The molecule has 0 saturated heterocycles. The van der Waals surface area contributed by atoms with Gasteiger partial charge in [-0.15, -0.1) is 12.6 Å². The van der Waals surface area contributed by atoms with Crippen LogP contribution in [0.4, 0.5) is 0 Å². The van der Waals surface area contributed by atoms with E-state index in [0.29, 0.717) is 18.8 Å². The molecule has 1 aromatic heterocycles. The molecule has 0 bridgehead atoms. The summed E-state index contributed by atoms with van der Waals surface area (Å²) in [5.41, 5.74) is 1.78. The van der Waals surface area contributed by atoms with Gasteiger partial charge in [-0.3, -0.25) is 4.79 Å². The Labute approximate surface area is 117 Å². The maximum Gasteiger partial charge on any atom is 0.224 e. The molecule has 1 N–H and O–H groups in total. The van der Waals surface area contributed by atoms with Gasteiger partial charge in [-0.25, -0.2) is 9.97 Å². The lowest BCUT2D eigenvalue weighted by atomic mass is 10.1. The Bertz CT molecular complexity index is 569. The van der Waals surface area contributed by atoms with E-state index >= 15 is 0 Å². The Morgan fingerprint density at radius 3 is 2.68 bits per heavy atom. The molecular formula is C14H15N3OS. The van der Waals surface area contributed by atoms with Gasteiger partial charge in [0, 0.05) is 11.1 Å². The quantitative estimate of drug-likeness (QED) is 0.837. The number of hydrogen-bond donors (Lipinski definition) is 2. The van der Waals surface area contributed by atoms with E-state index in [4.69, 9.17) is 0 Å². The van der Waals surface area contributed by atoms with Crippen molar-refractivity contribution in [2.75, 3.05) is 0 Å². The topological polar surface area (TPSA) is 54.9 Å².